The standard InChI is InChI=1S/C14H19ClN4OS/c1-16-14(21)19-8-6-18(7-9-19)10-13(20)17-12-5-3-2-4-11(12)15/h2-5H,6-10H2,1H3,(H,16,21)(H,17,20). The number of para-hydroxylation sites is 1. The molecule has 0 bridgehead atoms. The lowest BCUT2D eigenvalue weighted by Crippen LogP contribution is -2.52. The van der Waals surface area contributed by atoms with E-state index in [1.807, 2.05) is 19.2 Å². The lowest BCUT2D eigenvalue weighted by atomic mass is 10.3. The molecule has 1 aliphatic rings. The van der Waals surface area contributed by atoms with E-state index in [9.17, 15) is 4.79 Å². The first-order valence-corrected chi connectivity index (χ1v) is 7.62. The molecule has 1 saturated heterocycles. The molecular formula is C14H19ClN4OS. The highest BCUT2D eigenvalue weighted by atomic mass is 35.5. The van der Waals surface area contributed by atoms with Gasteiger partial charge in [-0.05, 0) is 24.4 Å². The molecule has 0 radical (unpaired) electrons. The third-order valence-corrected chi connectivity index (χ3v) is 4.18. The molecule has 21 heavy (non-hydrogen) atoms. The van der Waals surface area contributed by atoms with Crippen molar-refractivity contribution in [3.8, 4) is 0 Å². The summed E-state index contributed by atoms with van der Waals surface area (Å²) in [5.74, 6) is -0.0484. The maximum Gasteiger partial charge on any atom is 0.238 e. The van der Waals surface area contributed by atoms with Gasteiger partial charge in [0.2, 0.25) is 5.91 Å². The van der Waals surface area contributed by atoms with E-state index in [0.29, 0.717) is 17.3 Å². The van der Waals surface area contributed by atoms with Crippen LogP contribution in [0.1, 0.15) is 0 Å². The van der Waals surface area contributed by atoms with Crippen LogP contribution in [0.15, 0.2) is 24.3 Å². The Labute approximate surface area is 135 Å². The second-order valence-corrected chi connectivity index (χ2v) is 5.64. The Hall–Kier alpha value is -1.37. The number of halogens is 1. The minimum atomic E-state index is -0.0484. The maximum atomic E-state index is 12.0. The Kier molecular flexibility index (Phi) is 5.78. The van der Waals surface area contributed by atoms with Gasteiger partial charge in [-0.1, -0.05) is 23.7 Å². The number of nitrogens with zero attached hydrogens (tertiary/aromatic N) is 2. The van der Waals surface area contributed by atoms with Crippen LogP contribution in [-0.2, 0) is 4.79 Å². The molecule has 0 atom stereocenters. The van der Waals surface area contributed by atoms with Gasteiger partial charge in [-0.25, -0.2) is 0 Å². The minimum Gasteiger partial charge on any atom is -0.366 e. The summed E-state index contributed by atoms with van der Waals surface area (Å²) in [6, 6.07) is 7.24. The van der Waals surface area contributed by atoms with Gasteiger partial charge in [-0.2, -0.15) is 0 Å². The average Bonchev–Trinajstić information content (AvgIpc) is 2.49. The van der Waals surface area contributed by atoms with E-state index in [2.05, 4.69) is 20.4 Å². The second kappa shape index (κ2) is 7.59. The van der Waals surface area contributed by atoms with Gasteiger partial charge in [0.05, 0.1) is 17.3 Å². The fourth-order valence-corrected chi connectivity index (χ4v) is 2.59. The van der Waals surface area contributed by atoms with Gasteiger partial charge in [0, 0.05) is 33.2 Å². The normalized spacial score (nSPS) is 15.6. The molecule has 1 aromatic rings. The van der Waals surface area contributed by atoms with Crippen LogP contribution in [0, 0.1) is 0 Å². The quantitative estimate of drug-likeness (QED) is 0.822. The van der Waals surface area contributed by atoms with Gasteiger partial charge in [0.1, 0.15) is 0 Å². The zero-order valence-corrected chi connectivity index (χ0v) is 13.5. The molecule has 1 amide bonds. The van der Waals surface area contributed by atoms with Crippen LogP contribution in [-0.4, -0.2) is 60.6 Å². The summed E-state index contributed by atoms with van der Waals surface area (Å²) in [5.41, 5.74) is 0.652. The molecule has 2 N–H and O–H groups in total. The zero-order chi connectivity index (χ0) is 15.2. The SMILES string of the molecule is CNC(=S)N1CCN(CC(=O)Nc2ccccc2Cl)CC1. The zero-order valence-electron chi connectivity index (χ0n) is 11.9. The van der Waals surface area contributed by atoms with Crippen LogP contribution in [0.25, 0.3) is 0 Å². The van der Waals surface area contributed by atoms with Gasteiger partial charge in [-0.3, -0.25) is 9.69 Å². The molecule has 0 aromatic heterocycles. The van der Waals surface area contributed by atoms with E-state index in [4.69, 9.17) is 23.8 Å². The number of carbonyl (C=O) groups excluding carboxylic acids is 1. The highest BCUT2D eigenvalue weighted by Crippen LogP contribution is 2.20. The highest BCUT2D eigenvalue weighted by molar-refractivity contribution is 7.80. The van der Waals surface area contributed by atoms with E-state index in [0.717, 1.165) is 31.3 Å². The monoisotopic (exact) mass is 326 g/mol. The first kappa shape index (κ1) is 16.0. The number of hydrogen-bond acceptors (Lipinski definition) is 3. The van der Waals surface area contributed by atoms with Crippen LogP contribution in [0.2, 0.25) is 5.02 Å². The molecule has 5 nitrogen and oxygen atoms in total. The van der Waals surface area contributed by atoms with Crippen molar-refractivity contribution >= 4 is 40.5 Å². The summed E-state index contributed by atoms with van der Waals surface area (Å²) in [5, 5.41) is 7.12. The van der Waals surface area contributed by atoms with Crippen LogP contribution >= 0.6 is 23.8 Å². The third kappa shape index (κ3) is 4.56. The first-order valence-electron chi connectivity index (χ1n) is 6.83. The van der Waals surface area contributed by atoms with Crippen molar-refractivity contribution in [1.82, 2.24) is 15.1 Å². The maximum absolute atomic E-state index is 12.0. The average molecular weight is 327 g/mol. The molecule has 0 unspecified atom stereocenters. The fourth-order valence-electron chi connectivity index (χ4n) is 2.22. The van der Waals surface area contributed by atoms with Crippen molar-refractivity contribution in [1.29, 1.82) is 0 Å². The molecule has 114 valence electrons. The topological polar surface area (TPSA) is 47.6 Å². The van der Waals surface area contributed by atoms with Crippen molar-refractivity contribution in [3.63, 3.8) is 0 Å². The molecule has 1 aliphatic heterocycles. The number of anilines is 1. The van der Waals surface area contributed by atoms with Gasteiger partial charge >= 0.3 is 0 Å². The summed E-state index contributed by atoms with van der Waals surface area (Å²) in [4.78, 5) is 16.3. The highest BCUT2D eigenvalue weighted by Gasteiger charge is 2.20. The summed E-state index contributed by atoms with van der Waals surface area (Å²) >= 11 is 11.2. The Morgan fingerprint density at radius 2 is 1.95 bits per heavy atom. The van der Waals surface area contributed by atoms with Crippen LogP contribution in [0.4, 0.5) is 5.69 Å². The molecule has 0 spiro atoms. The summed E-state index contributed by atoms with van der Waals surface area (Å²) in [6.45, 7) is 3.67. The van der Waals surface area contributed by atoms with Crippen LogP contribution in [0.3, 0.4) is 0 Å². The molecule has 7 heteroatoms. The number of rotatable bonds is 3. The van der Waals surface area contributed by atoms with Crippen molar-refractivity contribution in [2.45, 2.75) is 0 Å². The van der Waals surface area contributed by atoms with Gasteiger partial charge in [-0.15, -0.1) is 0 Å². The largest absolute Gasteiger partial charge is 0.366 e. The number of carbonyl (C=O) groups is 1. The lowest BCUT2D eigenvalue weighted by molar-refractivity contribution is -0.117. The number of hydrogen-bond donors (Lipinski definition) is 2. The van der Waals surface area contributed by atoms with E-state index in [-0.39, 0.29) is 5.91 Å². The lowest BCUT2D eigenvalue weighted by Gasteiger charge is -2.35. The second-order valence-electron chi connectivity index (χ2n) is 4.85. The Balaban J connectivity index is 1.80. The van der Waals surface area contributed by atoms with Crippen molar-refractivity contribution < 1.29 is 4.79 Å². The number of nitrogens with one attached hydrogen (secondary N) is 2. The van der Waals surface area contributed by atoms with E-state index >= 15 is 0 Å². The Morgan fingerprint density at radius 1 is 1.29 bits per heavy atom. The van der Waals surface area contributed by atoms with Crippen molar-refractivity contribution in [3.05, 3.63) is 29.3 Å². The molecular weight excluding hydrogens is 308 g/mol. The number of amides is 1. The predicted molar refractivity (Wildman–Crippen MR) is 89.8 cm³/mol. The minimum absolute atomic E-state index is 0.0484. The van der Waals surface area contributed by atoms with Crippen LogP contribution in [0.5, 0.6) is 0 Å². The molecule has 1 aromatic carbocycles. The predicted octanol–water partition coefficient (Wildman–Crippen LogP) is 1.40. The molecule has 1 fully saturated rings. The van der Waals surface area contributed by atoms with E-state index < -0.39 is 0 Å². The summed E-state index contributed by atoms with van der Waals surface area (Å²) in [6.07, 6.45) is 0. The Morgan fingerprint density at radius 3 is 2.57 bits per heavy atom. The number of piperazine rings is 1. The summed E-state index contributed by atoms with van der Waals surface area (Å²) in [7, 11) is 1.83. The van der Waals surface area contributed by atoms with E-state index in [1.165, 1.54) is 0 Å². The molecule has 0 aliphatic carbocycles. The third-order valence-electron chi connectivity index (χ3n) is 3.39. The summed E-state index contributed by atoms with van der Waals surface area (Å²) < 4.78 is 0. The molecule has 0 saturated carbocycles. The number of thiocarbonyl (C=S) groups is 1. The first-order chi connectivity index (χ1) is 10.1. The van der Waals surface area contributed by atoms with Crippen molar-refractivity contribution in [2.75, 3.05) is 45.1 Å². The molecule has 2 rings (SSSR count). The smallest absolute Gasteiger partial charge is 0.238 e. The van der Waals surface area contributed by atoms with Gasteiger partial charge in [0.15, 0.2) is 5.11 Å². The van der Waals surface area contributed by atoms with Crippen molar-refractivity contribution in [2.24, 2.45) is 0 Å². The van der Waals surface area contributed by atoms with E-state index in [1.54, 1.807) is 12.1 Å². The molecule has 1 heterocycles. The Bertz CT molecular complexity index is 517. The number of benzene rings is 1. The van der Waals surface area contributed by atoms with Crippen LogP contribution < -0.4 is 10.6 Å². The fraction of sp³-hybridized carbons (Fsp3) is 0.429. The van der Waals surface area contributed by atoms with Gasteiger partial charge < -0.3 is 15.5 Å². The van der Waals surface area contributed by atoms with Gasteiger partial charge in [0.25, 0.3) is 0 Å².